The second kappa shape index (κ2) is 8.63. The SMILES string of the molecule is O=C1C(=O)N(CCN2CCCCC2)C(c2ccncc2)/C1=C(\O)c1ccc2c(c1)OCO2. The molecular formula is C24H25N3O5. The topological polar surface area (TPSA) is 92.2 Å². The molecule has 0 radical (unpaired) electrons. The molecule has 1 N–H and O–H groups in total. The number of rotatable bonds is 5. The van der Waals surface area contributed by atoms with Gasteiger partial charge in [0, 0.05) is 31.0 Å². The van der Waals surface area contributed by atoms with E-state index >= 15 is 0 Å². The van der Waals surface area contributed by atoms with Gasteiger partial charge in [-0.25, -0.2) is 0 Å². The first-order chi connectivity index (χ1) is 15.6. The summed E-state index contributed by atoms with van der Waals surface area (Å²) < 4.78 is 10.7. The molecule has 1 atom stereocenters. The van der Waals surface area contributed by atoms with Crippen molar-refractivity contribution in [1.82, 2.24) is 14.8 Å². The van der Waals surface area contributed by atoms with Crippen LogP contribution in [0.15, 0.2) is 48.3 Å². The zero-order valence-electron chi connectivity index (χ0n) is 17.7. The van der Waals surface area contributed by atoms with E-state index in [-0.39, 0.29) is 18.1 Å². The highest BCUT2D eigenvalue weighted by Crippen LogP contribution is 2.41. The maximum Gasteiger partial charge on any atom is 0.295 e. The molecule has 3 aliphatic rings. The number of ether oxygens (including phenoxy) is 2. The first-order valence-corrected chi connectivity index (χ1v) is 10.9. The smallest absolute Gasteiger partial charge is 0.295 e. The third-order valence-corrected chi connectivity index (χ3v) is 6.31. The predicted octanol–water partition coefficient (Wildman–Crippen LogP) is 2.72. The number of fused-ring (bicyclic) bond motifs is 1. The van der Waals surface area contributed by atoms with Gasteiger partial charge in [-0.2, -0.15) is 0 Å². The first kappa shape index (κ1) is 20.5. The summed E-state index contributed by atoms with van der Waals surface area (Å²) in [6.45, 7) is 3.22. The van der Waals surface area contributed by atoms with Crippen LogP contribution in [0.25, 0.3) is 5.76 Å². The van der Waals surface area contributed by atoms with E-state index in [2.05, 4.69) is 9.88 Å². The van der Waals surface area contributed by atoms with Crippen LogP contribution in [0.4, 0.5) is 0 Å². The molecule has 8 nitrogen and oxygen atoms in total. The Morgan fingerprint density at radius 2 is 1.75 bits per heavy atom. The standard InChI is InChI=1S/C24H25N3O5/c28-22(17-4-5-18-19(14-17)32-15-31-18)20-21(16-6-8-25-9-7-16)27(24(30)23(20)29)13-12-26-10-2-1-3-11-26/h4-9,14,21,28H,1-3,10-13,15H2/b22-20+. The Morgan fingerprint density at radius 3 is 2.53 bits per heavy atom. The molecule has 0 bridgehead atoms. The van der Waals surface area contributed by atoms with Crippen LogP contribution < -0.4 is 9.47 Å². The van der Waals surface area contributed by atoms with Gasteiger partial charge in [-0.1, -0.05) is 6.42 Å². The zero-order chi connectivity index (χ0) is 22.1. The molecule has 1 amide bonds. The lowest BCUT2D eigenvalue weighted by atomic mass is 9.96. The lowest BCUT2D eigenvalue weighted by molar-refractivity contribution is -0.140. The van der Waals surface area contributed by atoms with Crippen LogP contribution in [-0.2, 0) is 9.59 Å². The molecule has 1 aromatic carbocycles. The number of Topliss-reactive ketones (excluding diaryl/α,β-unsaturated/α-hetero) is 1. The fraction of sp³-hybridized carbons (Fsp3) is 0.375. The summed E-state index contributed by atoms with van der Waals surface area (Å²) in [5, 5.41) is 11.2. The molecule has 32 heavy (non-hydrogen) atoms. The van der Waals surface area contributed by atoms with E-state index in [1.54, 1.807) is 47.6 Å². The summed E-state index contributed by atoms with van der Waals surface area (Å²) in [4.78, 5) is 34.1. The van der Waals surface area contributed by atoms with Gasteiger partial charge in [-0.15, -0.1) is 0 Å². The molecule has 3 aliphatic heterocycles. The summed E-state index contributed by atoms with van der Waals surface area (Å²) in [6, 6.07) is 7.85. The number of benzene rings is 1. The lowest BCUT2D eigenvalue weighted by Gasteiger charge is -2.31. The van der Waals surface area contributed by atoms with E-state index in [0.29, 0.717) is 30.2 Å². The van der Waals surface area contributed by atoms with Crippen LogP contribution in [0.1, 0.15) is 36.4 Å². The van der Waals surface area contributed by atoms with Gasteiger partial charge in [0.2, 0.25) is 6.79 Å². The largest absolute Gasteiger partial charge is 0.507 e. The van der Waals surface area contributed by atoms with E-state index < -0.39 is 17.7 Å². The maximum atomic E-state index is 13.1. The molecular weight excluding hydrogens is 410 g/mol. The van der Waals surface area contributed by atoms with Crippen molar-refractivity contribution >= 4 is 17.4 Å². The zero-order valence-corrected chi connectivity index (χ0v) is 17.7. The average molecular weight is 435 g/mol. The fourth-order valence-electron chi connectivity index (χ4n) is 4.63. The Labute approximate surface area is 186 Å². The van der Waals surface area contributed by atoms with Crippen LogP contribution in [0, 0.1) is 0 Å². The summed E-state index contributed by atoms with van der Waals surface area (Å²) in [5.74, 6) is -0.418. The number of pyridine rings is 1. The van der Waals surface area contributed by atoms with Crippen LogP contribution in [-0.4, -0.2) is 64.6 Å². The number of carbonyl (C=O) groups is 2. The fourth-order valence-corrected chi connectivity index (χ4v) is 4.63. The van der Waals surface area contributed by atoms with Crippen molar-refractivity contribution in [2.24, 2.45) is 0 Å². The molecule has 4 heterocycles. The van der Waals surface area contributed by atoms with Crippen molar-refractivity contribution in [2.75, 3.05) is 33.0 Å². The molecule has 166 valence electrons. The van der Waals surface area contributed by atoms with Crippen LogP contribution in [0.5, 0.6) is 11.5 Å². The number of aliphatic hydroxyl groups is 1. The third kappa shape index (κ3) is 3.71. The molecule has 8 heteroatoms. The second-order valence-corrected chi connectivity index (χ2v) is 8.24. The summed E-state index contributed by atoms with van der Waals surface area (Å²) >= 11 is 0. The number of hydrogen-bond acceptors (Lipinski definition) is 7. The van der Waals surface area contributed by atoms with Crippen molar-refractivity contribution in [3.63, 3.8) is 0 Å². The quantitative estimate of drug-likeness (QED) is 0.439. The molecule has 0 aliphatic carbocycles. The monoisotopic (exact) mass is 435 g/mol. The van der Waals surface area contributed by atoms with Gasteiger partial charge in [0.15, 0.2) is 11.5 Å². The molecule has 5 rings (SSSR count). The molecule has 0 saturated carbocycles. The number of hydrogen-bond donors (Lipinski definition) is 1. The number of piperidine rings is 1. The number of ketones is 1. The second-order valence-electron chi connectivity index (χ2n) is 8.24. The molecule has 2 saturated heterocycles. The predicted molar refractivity (Wildman–Crippen MR) is 116 cm³/mol. The minimum absolute atomic E-state index is 0.0821. The Kier molecular flexibility index (Phi) is 5.53. The minimum atomic E-state index is -0.680. The normalized spacial score (nSPS) is 22.5. The number of aliphatic hydroxyl groups excluding tert-OH is 1. The number of aromatic nitrogens is 1. The van der Waals surface area contributed by atoms with E-state index in [1.807, 2.05) is 0 Å². The van der Waals surface area contributed by atoms with Crippen molar-refractivity contribution in [2.45, 2.75) is 25.3 Å². The summed E-state index contributed by atoms with van der Waals surface area (Å²) in [6.07, 6.45) is 6.78. The van der Waals surface area contributed by atoms with Crippen LogP contribution >= 0.6 is 0 Å². The number of nitrogens with zero attached hydrogens (tertiary/aromatic N) is 3. The molecule has 1 aromatic heterocycles. The number of amides is 1. The number of carbonyl (C=O) groups excluding carboxylic acids is 2. The lowest BCUT2D eigenvalue weighted by Crippen LogP contribution is -2.39. The highest BCUT2D eigenvalue weighted by atomic mass is 16.7. The van der Waals surface area contributed by atoms with Crippen molar-refractivity contribution in [3.05, 3.63) is 59.4 Å². The van der Waals surface area contributed by atoms with Crippen molar-refractivity contribution in [3.8, 4) is 11.5 Å². The Morgan fingerprint density at radius 1 is 1.00 bits per heavy atom. The molecule has 2 aromatic rings. The first-order valence-electron chi connectivity index (χ1n) is 10.9. The van der Waals surface area contributed by atoms with Gasteiger partial charge in [-0.3, -0.25) is 14.6 Å². The average Bonchev–Trinajstić information content (AvgIpc) is 3.40. The van der Waals surface area contributed by atoms with Crippen molar-refractivity contribution in [1.29, 1.82) is 0 Å². The Balaban J connectivity index is 1.52. The van der Waals surface area contributed by atoms with Gasteiger partial charge in [0.25, 0.3) is 11.7 Å². The van der Waals surface area contributed by atoms with E-state index in [9.17, 15) is 14.7 Å². The maximum absolute atomic E-state index is 13.1. The van der Waals surface area contributed by atoms with Crippen LogP contribution in [0.2, 0.25) is 0 Å². The van der Waals surface area contributed by atoms with E-state index in [1.165, 1.54) is 6.42 Å². The summed E-state index contributed by atoms with van der Waals surface area (Å²) in [5.41, 5.74) is 1.22. The highest BCUT2D eigenvalue weighted by Gasteiger charge is 2.46. The molecule has 1 unspecified atom stereocenters. The van der Waals surface area contributed by atoms with Gasteiger partial charge in [0.1, 0.15) is 5.76 Å². The molecule has 0 spiro atoms. The van der Waals surface area contributed by atoms with Gasteiger partial charge < -0.3 is 24.4 Å². The van der Waals surface area contributed by atoms with Gasteiger partial charge >= 0.3 is 0 Å². The van der Waals surface area contributed by atoms with Crippen LogP contribution in [0.3, 0.4) is 0 Å². The van der Waals surface area contributed by atoms with Gasteiger partial charge in [-0.05, 0) is 61.8 Å². The number of likely N-dealkylation sites (tertiary alicyclic amines) is 2. The van der Waals surface area contributed by atoms with Gasteiger partial charge in [0.05, 0.1) is 11.6 Å². The highest BCUT2D eigenvalue weighted by molar-refractivity contribution is 6.46. The third-order valence-electron chi connectivity index (χ3n) is 6.31. The molecule has 2 fully saturated rings. The summed E-state index contributed by atoms with van der Waals surface area (Å²) in [7, 11) is 0. The minimum Gasteiger partial charge on any atom is -0.507 e. The Bertz CT molecular complexity index is 1060. The van der Waals surface area contributed by atoms with Crippen molar-refractivity contribution < 1.29 is 24.2 Å². The van der Waals surface area contributed by atoms with E-state index in [4.69, 9.17) is 9.47 Å². The van der Waals surface area contributed by atoms with E-state index in [0.717, 1.165) is 31.5 Å². The Hall–Kier alpha value is -3.39.